The number of aliphatic hydroxyl groups excluding tert-OH is 1. The zero-order valence-electron chi connectivity index (χ0n) is 12.8. The van der Waals surface area contributed by atoms with Crippen LogP contribution in [0.5, 0.6) is 0 Å². The van der Waals surface area contributed by atoms with Gasteiger partial charge in [0.25, 0.3) is 0 Å². The molecule has 3 heteroatoms. The normalized spacial score (nSPS) is 12.4. The lowest BCUT2D eigenvalue weighted by Gasteiger charge is -2.08. The maximum absolute atomic E-state index is 10.9. The van der Waals surface area contributed by atoms with E-state index in [9.17, 15) is 9.90 Å². The van der Waals surface area contributed by atoms with Gasteiger partial charge in [-0.1, -0.05) is 71.1 Å². The van der Waals surface area contributed by atoms with Crippen LogP contribution in [-0.2, 0) is 9.53 Å². The van der Waals surface area contributed by atoms with E-state index in [1.807, 2.05) is 0 Å². The van der Waals surface area contributed by atoms with Crippen LogP contribution in [0.1, 0.15) is 84.0 Å². The smallest absolute Gasteiger partial charge is 0.308 e. The van der Waals surface area contributed by atoms with E-state index in [0.29, 0.717) is 6.42 Å². The van der Waals surface area contributed by atoms with Crippen LogP contribution >= 0.6 is 0 Å². The van der Waals surface area contributed by atoms with Gasteiger partial charge in [0, 0.05) is 0 Å². The van der Waals surface area contributed by atoms with Gasteiger partial charge >= 0.3 is 5.97 Å². The summed E-state index contributed by atoms with van der Waals surface area (Å²) in [7, 11) is 1.36. The molecule has 1 atom stereocenters. The molecule has 0 amide bonds. The van der Waals surface area contributed by atoms with Crippen molar-refractivity contribution < 1.29 is 14.6 Å². The highest BCUT2D eigenvalue weighted by Crippen LogP contribution is 2.12. The van der Waals surface area contributed by atoms with E-state index in [1.54, 1.807) is 0 Å². The third kappa shape index (κ3) is 13.7. The predicted molar refractivity (Wildman–Crippen MR) is 79.1 cm³/mol. The number of esters is 1. The number of hydrogen-bond donors (Lipinski definition) is 1. The molecule has 0 bridgehead atoms. The lowest BCUT2D eigenvalue weighted by molar-refractivity contribution is -0.142. The van der Waals surface area contributed by atoms with Gasteiger partial charge in [-0.2, -0.15) is 0 Å². The van der Waals surface area contributed by atoms with E-state index in [2.05, 4.69) is 11.7 Å². The number of ether oxygens (including phenoxy) is 1. The first-order chi connectivity index (χ1) is 9.20. The van der Waals surface area contributed by atoms with Crippen LogP contribution in [0.2, 0.25) is 0 Å². The molecule has 0 saturated carbocycles. The summed E-state index contributed by atoms with van der Waals surface area (Å²) in [5, 5.41) is 9.57. The third-order valence-electron chi connectivity index (χ3n) is 3.52. The van der Waals surface area contributed by atoms with Gasteiger partial charge in [-0.3, -0.25) is 4.79 Å². The minimum Gasteiger partial charge on any atom is -0.469 e. The number of rotatable bonds is 13. The Morgan fingerprint density at radius 3 is 1.89 bits per heavy atom. The van der Waals surface area contributed by atoms with Crippen LogP contribution in [-0.4, -0.2) is 24.3 Å². The molecule has 0 rings (SSSR count). The highest BCUT2D eigenvalue weighted by molar-refractivity contribution is 5.69. The molecule has 0 aliphatic carbocycles. The molecule has 0 radical (unpaired) electrons. The Labute approximate surface area is 118 Å². The van der Waals surface area contributed by atoms with E-state index < -0.39 is 6.10 Å². The molecule has 0 spiro atoms. The molecule has 3 nitrogen and oxygen atoms in total. The van der Waals surface area contributed by atoms with E-state index in [0.717, 1.165) is 12.8 Å². The predicted octanol–water partition coefficient (Wildman–Crippen LogP) is 4.22. The summed E-state index contributed by atoms with van der Waals surface area (Å²) in [6, 6.07) is 0. The van der Waals surface area contributed by atoms with Crippen LogP contribution in [0, 0.1) is 0 Å². The van der Waals surface area contributed by atoms with Crippen molar-refractivity contribution in [3.8, 4) is 0 Å². The first-order valence-corrected chi connectivity index (χ1v) is 7.95. The van der Waals surface area contributed by atoms with Gasteiger partial charge in [-0.15, -0.1) is 0 Å². The molecule has 0 saturated heterocycles. The zero-order valence-corrected chi connectivity index (χ0v) is 12.8. The summed E-state index contributed by atoms with van der Waals surface area (Å²) in [4.78, 5) is 10.9. The average molecular weight is 272 g/mol. The largest absolute Gasteiger partial charge is 0.469 e. The highest BCUT2D eigenvalue weighted by Gasteiger charge is 2.09. The van der Waals surface area contributed by atoms with Gasteiger partial charge in [0.2, 0.25) is 0 Å². The molecule has 1 N–H and O–H groups in total. The molecule has 19 heavy (non-hydrogen) atoms. The average Bonchev–Trinajstić information content (AvgIpc) is 2.40. The zero-order chi connectivity index (χ0) is 14.3. The van der Waals surface area contributed by atoms with Crippen molar-refractivity contribution in [1.29, 1.82) is 0 Å². The minimum atomic E-state index is -0.526. The van der Waals surface area contributed by atoms with Gasteiger partial charge in [0.15, 0.2) is 0 Å². The standard InChI is InChI=1S/C16H32O3/c1-3-4-5-6-7-8-9-10-11-12-13-15(17)14-16(18)19-2/h15,17H,3-14H2,1-2H3/t15-/m0/s1. The van der Waals surface area contributed by atoms with Crippen molar-refractivity contribution >= 4 is 5.97 Å². The van der Waals surface area contributed by atoms with Crippen LogP contribution in [0.15, 0.2) is 0 Å². The molecule has 0 fully saturated rings. The number of hydrogen-bond acceptors (Lipinski definition) is 3. The fourth-order valence-electron chi connectivity index (χ4n) is 2.25. The summed E-state index contributed by atoms with van der Waals surface area (Å²) in [5.41, 5.74) is 0. The van der Waals surface area contributed by atoms with Gasteiger partial charge in [0.05, 0.1) is 19.6 Å². The van der Waals surface area contributed by atoms with Gasteiger partial charge < -0.3 is 9.84 Å². The van der Waals surface area contributed by atoms with Crippen LogP contribution < -0.4 is 0 Å². The van der Waals surface area contributed by atoms with Crippen molar-refractivity contribution in [2.24, 2.45) is 0 Å². The maximum atomic E-state index is 10.9. The fourth-order valence-corrected chi connectivity index (χ4v) is 2.25. The number of unbranched alkanes of at least 4 members (excludes halogenated alkanes) is 9. The lowest BCUT2D eigenvalue weighted by Crippen LogP contribution is -2.14. The maximum Gasteiger partial charge on any atom is 0.308 e. The second-order valence-corrected chi connectivity index (χ2v) is 5.40. The van der Waals surface area contributed by atoms with Crippen molar-refractivity contribution in [3.63, 3.8) is 0 Å². The first-order valence-electron chi connectivity index (χ1n) is 7.95. The Hall–Kier alpha value is -0.570. The second kappa shape index (κ2) is 13.9. The summed E-state index contributed by atoms with van der Waals surface area (Å²) >= 11 is 0. The van der Waals surface area contributed by atoms with Crippen molar-refractivity contribution in [3.05, 3.63) is 0 Å². The second-order valence-electron chi connectivity index (χ2n) is 5.40. The monoisotopic (exact) mass is 272 g/mol. The summed E-state index contributed by atoms with van der Waals surface area (Å²) in [5.74, 6) is -0.320. The van der Waals surface area contributed by atoms with Crippen LogP contribution in [0.25, 0.3) is 0 Å². The number of carbonyl (C=O) groups excluding carboxylic acids is 1. The summed E-state index contributed by atoms with van der Waals surface area (Å²) in [6.45, 7) is 2.24. The molecular weight excluding hydrogens is 240 g/mol. The lowest BCUT2D eigenvalue weighted by atomic mass is 10.0. The Balaban J connectivity index is 3.16. The summed E-state index contributed by atoms with van der Waals surface area (Å²) in [6.07, 6.45) is 13.2. The van der Waals surface area contributed by atoms with Gasteiger partial charge in [0.1, 0.15) is 0 Å². The Bertz CT molecular complexity index is 204. The molecule has 0 aliphatic rings. The topological polar surface area (TPSA) is 46.5 Å². The molecule has 0 aromatic rings. The Morgan fingerprint density at radius 2 is 1.42 bits per heavy atom. The number of methoxy groups -OCH3 is 1. The Kier molecular flexibility index (Phi) is 13.4. The van der Waals surface area contributed by atoms with Crippen molar-refractivity contribution in [2.45, 2.75) is 90.1 Å². The minimum absolute atomic E-state index is 0.133. The molecule has 0 aliphatic heterocycles. The molecule has 0 aromatic carbocycles. The van der Waals surface area contributed by atoms with Gasteiger partial charge in [-0.25, -0.2) is 0 Å². The molecule has 0 aromatic heterocycles. The molecule has 0 unspecified atom stereocenters. The van der Waals surface area contributed by atoms with Crippen LogP contribution in [0.4, 0.5) is 0 Å². The molecular formula is C16H32O3. The van der Waals surface area contributed by atoms with Crippen molar-refractivity contribution in [1.82, 2.24) is 0 Å². The number of carbonyl (C=O) groups is 1. The van der Waals surface area contributed by atoms with E-state index in [4.69, 9.17) is 0 Å². The van der Waals surface area contributed by atoms with E-state index in [1.165, 1.54) is 58.5 Å². The fraction of sp³-hybridized carbons (Fsp3) is 0.938. The third-order valence-corrected chi connectivity index (χ3v) is 3.52. The Morgan fingerprint density at radius 1 is 0.947 bits per heavy atom. The van der Waals surface area contributed by atoms with E-state index >= 15 is 0 Å². The molecule has 114 valence electrons. The summed E-state index contributed by atoms with van der Waals surface area (Å²) < 4.78 is 4.52. The van der Waals surface area contributed by atoms with Gasteiger partial charge in [-0.05, 0) is 6.42 Å². The number of aliphatic hydroxyl groups is 1. The van der Waals surface area contributed by atoms with Crippen LogP contribution in [0.3, 0.4) is 0 Å². The first kappa shape index (κ1) is 18.4. The van der Waals surface area contributed by atoms with Crippen molar-refractivity contribution in [2.75, 3.05) is 7.11 Å². The quantitative estimate of drug-likeness (QED) is 0.403. The SMILES string of the molecule is CCCCCCCCCCCC[C@H](O)CC(=O)OC. The highest BCUT2D eigenvalue weighted by atomic mass is 16.5. The molecule has 0 heterocycles. The van der Waals surface area contributed by atoms with E-state index in [-0.39, 0.29) is 12.4 Å².